The molecule has 0 radical (unpaired) electrons. The van der Waals surface area contributed by atoms with Gasteiger partial charge in [-0.1, -0.05) is 11.6 Å². The fourth-order valence-electron chi connectivity index (χ4n) is 1.88. The van der Waals surface area contributed by atoms with E-state index in [4.69, 9.17) is 20.9 Å². The Kier molecular flexibility index (Phi) is 3.58. The lowest BCUT2D eigenvalue weighted by Gasteiger charge is -2.32. The minimum Gasteiger partial charge on any atom is -0.399 e. The van der Waals surface area contributed by atoms with Gasteiger partial charge in [0.2, 0.25) is 0 Å². The van der Waals surface area contributed by atoms with E-state index in [1.54, 1.807) is 6.20 Å². The summed E-state index contributed by atoms with van der Waals surface area (Å²) in [4.78, 5) is 6.22. The smallest absolute Gasteiger partial charge is 0.399 e. The maximum absolute atomic E-state index is 6.23. The average molecular weight is 283 g/mol. The number of hydrogen-bond acceptors (Lipinski definition) is 4. The molecule has 0 amide bonds. The van der Waals surface area contributed by atoms with Crippen molar-refractivity contribution < 1.29 is 9.31 Å². The molecular formula is C13H20BClN2O2. The molecule has 1 saturated heterocycles. The molecule has 104 valence electrons. The average Bonchev–Trinajstić information content (AvgIpc) is 2.47. The first-order chi connectivity index (χ1) is 8.64. The Balaban J connectivity index is 2.28. The molecule has 0 N–H and O–H groups in total. The summed E-state index contributed by atoms with van der Waals surface area (Å²) >= 11 is 6.23. The van der Waals surface area contributed by atoms with Crippen LogP contribution in [0.5, 0.6) is 0 Å². The number of rotatable bonds is 2. The van der Waals surface area contributed by atoms with Crippen molar-refractivity contribution in [3.05, 3.63) is 17.3 Å². The zero-order valence-electron chi connectivity index (χ0n) is 12.3. The maximum atomic E-state index is 6.23. The molecule has 6 heteroatoms. The Hall–Kier alpha value is -0.775. The summed E-state index contributed by atoms with van der Waals surface area (Å²) in [6.07, 6.45) is 1.75. The van der Waals surface area contributed by atoms with E-state index in [2.05, 4.69) is 4.98 Å². The van der Waals surface area contributed by atoms with Gasteiger partial charge in [0.15, 0.2) is 0 Å². The molecule has 2 rings (SSSR count). The third-order valence-corrected chi connectivity index (χ3v) is 4.07. The first-order valence-electron chi connectivity index (χ1n) is 6.32. The molecule has 19 heavy (non-hydrogen) atoms. The largest absolute Gasteiger partial charge is 0.496 e. The van der Waals surface area contributed by atoms with Crippen molar-refractivity contribution in [3.8, 4) is 0 Å². The number of anilines is 1. The topological polar surface area (TPSA) is 34.6 Å². The van der Waals surface area contributed by atoms with Crippen LogP contribution >= 0.6 is 11.6 Å². The summed E-state index contributed by atoms with van der Waals surface area (Å²) in [6.45, 7) is 8.10. The molecule has 0 atom stereocenters. The number of hydrogen-bond donors (Lipinski definition) is 0. The molecule has 1 aliphatic heterocycles. The predicted octanol–water partition coefficient (Wildman–Crippen LogP) is 2.10. The van der Waals surface area contributed by atoms with Crippen LogP contribution in [0.3, 0.4) is 0 Å². The second-order valence-electron chi connectivity index (χ2n) is 6.06. The van der Waals surface area contributed by atoms with Gasteiger partial charge in [-0.05, 0) is 33.8 Å². The number of pyridine rings is 1. The van der Waals surface area contributed by atoms with Crippen LogP contribution in [0.25, 0.3) is 0 Å². The molecule has 2 heterocycles. The van der Waals surface area contributed by atoms with Crippen molar-refractivity contribution in [3.63, 3.8) is 0 Å². The Bertz CT molecular complexity index is 476. The molecule has 0 unspecified atom stereocenters. The molecule has 1 aliphatic rings. The predicted molar refractivity (Wildman–Crippen MR) is 79.3 cm³/mol. The number of halogens is 1. The van der Waals surface area contributed by atoms with Crippen LogP contribution in [-0.2, 0) is 9.31 Å². The summed E-state index contributed by atoms with van der Waals surface area (Å²) in [6, 6.07) is 1.85. The second kappa shape index (κ2) is 4.65. The highest BCUT2D eigenvalue weighted by atomic mass is 35.5. The zero-order valence-corrected chi connectivity index (χ0v) is 13.1. The van der Waals surface area contributed by atoms with Gasteiger partial charge in [-0.3, -0.25) is 0 Å². The molecule has 0 aliphatic carbocycles. The minimum atomic E-state index is -0.425. The first kappa shape index (κ1) is 14.6. The van der Waals surface area contributed by atoms with E-state index < -0.39 is 7.12 Å². The molecule has 1 aromatic rings. The van der Waals surface area contributed by atoms with Gasteiger partial charge in [0, 0.05) is 25.8 Å². The molecule has 0 spiro atoms. The van der Waals surface area contributed by atoms with E-state index in [9.17, 15) is 0 Å². The Morgan fingerprint density at radius 2 is 1.68 bits per heavy atom. The van der Waals surface area contributed by atoms with Gasteiger partial charge in [0.05, 0.1) is 16.2 Å². The third kappa shape index (κ3) is 2.60. The van der Waals surface area contributed by atoms with Crippen LogP contribution in [0.1, 0.15) is 27.7 Å². The number of aromatic nitrogens is 1. The zero-order chi connectivity index (χ0) is 14.4. The van der Waals surface area contributed by atoms with Gasteiger partial charge in [-0.2, -0.15) is 0 Å². The number of nitrogens with zero attached hydrogens (tertiary/aromatic N) is 2. The van der Waals surface area contributed by atoms with E-state index in [0.29, 0.717) is 5.02 Å². The SMILES string of the molecule is CN(C)c1ncc(B2OC(C)(C)C(C)(C)O2)cc1Cl. The van der Waals surface area contributed by atoms with E-state index in [1.165, 1.54) is 0 Å². The monoisotopic (exact) mass is 282 g/mol. The van der Waals surface area contributed by atoms with Crippen LogP contribution in [-0.4, -0.2) is 37.4 Å². The molecule has 4 nitrogen and oxygen atoms in total. The highest BCUT2D eigenvalue weighted by Gasteiger charge is 2.51. The quantitative estimate of drug-likeness (QED) is 0.778. The van der Waals surface area contributed by atoms with Crippen molar-refractivity contribution in [1.82, 2.24) is 4.98 Å². The summed E-state index contributed by atoms with van der Waals surface area (Å²) in [5.41, 5.74) is 0.128. The highest BCUT2D eigenvalue weighted by molar-refractivity contribution is 6.62. The summed E-state index contributed by atoms with van der Waals surface area (Å²) in [5.74, 6) is 0.738. The fraction of sp³-hybridized carbons (Fsp3) is 0.615. The van der Waals surface area contributed by atoms with Crippen molar-refractivity contribution in [2.24, 2.45) is 0 Å². The normalized spacial score (nSPS) is 20.7. The molecule has 1 fully saturated rings. The lowest BCUT2D eigenvalue weighted by Crippen LogP contribution is -2.41. The lowest BCUT2D eigenvalue weighted by molar-refractivity contribution is 0.00578. The molecular weight excluding hydrogens is 262 g/mol. The first-order valence-corrected chi connectivity index (χ1v) is 6.70. The standard InChI is InChI=1S/C13H20BClN2O2/c1-12(2)13(3,4)19-14(18-12)9-7-10(15)11(16-8-9)17(5)6/h7-8H,1-6H3. The van der Waals surface area contributed by atoms with Crippen molar-refractivity contribution in [1.29, 1.82) is 0 Å². The Labute approximate surface area is 120 Å². The van der Waals surface area contributed by atoms with E-state index in [1.807, 2.05) is 52.8 Å². The summed E-state index contributed by atoms with van der Waals surface area (Å²) < 4.78 is 11.9. The van der Waals surface area contributed by atoms with Crippen LogP contribution in [0.2, 0.25) is 5.02 Å². The minimum absolute atomic E-state index is 0.357. The highest BCUT2D eigenvalue weighted by Crippen LogP contribution is 2.36. The van der Waals surface area contributed by atoms with E-state index in [0.717, 1.165) is 11.3 Å². The van der Waals surface area contributed by atoms with Gasteiger partial charge in [-0.15, -0.1) is 0 Å². The third-order valence-electron chi connectivity index (χ3n) is 3.79. The maximum Gasteiger partial charge on any atom is 0.496 e. The van der Waals surface area contributed by atoms with Crippen LogP contribution < -0.4 is 10.4 Å². The van der Waals surface area contributed by atoms with Gasteiger partial charge in [0.1, 0.15) is 5.82 Å². The molecule has 1 aromatic heterocycles. The van der Waals surface area contributed by atoms with E-state index >= 15 is 0 Å². The summed E-state index contributed by atoms with van der Waals surface area (Å²) in [5, 5.41) is 0.595. The molecule has 0 bridgehead atoms. The van der Waals surface area contributed by atoms with Gasteiger partial charge in [-0.25, -0.2) is 4.98 Å². The van der Waals surface area contributed by atoms with Crippen LogP contribution in [0.15, 0.2) is 12.3 Å². The lowest BCUT2D eigenvalue weighted by atomic mass is 9.80. The Morgan fingerprint density at radius 1 is 1.16 bits per heavy atom. The fourth-order valence-corrected chi connectivity index (χ4v) is 2.23. The van der Waals surface area contributed by atoms with Crippen LogP contribution in [0.4, 0.5) is 5.82 Å². The second-order valence-corrected chi connectivity index (χ2v) is 6.46. The summed E-state index contributed by atoms with van der Waals surface area (Å²) in [7, 11) is 3.39. The van der Waals surface area contributed by atoms with E-state index in [-0.39, 0.29) is 11.2 Å². The van der Waals surface area contributed by atoms with Crippen molar-refractivity contribution in [2.75, 3.05) is 19.0 Å². The van der Waals surface area contributed by atoms with Crippen LogP contribution in [0, 0.1) is 0 Å². The Morgan fingerprint density at radius 3 is 2.11 bits per heavy atom. The van der Waals surface area contributed by atoms with Gasteiger partial charge < -0.3 is 14.2 Å². The molecule has 0 saturated carbocycles. The van der Waals surface area contributed by atoms with Gasteiger partial charge in [0.25, 0.3) is 0 Å². The van der Waals surface area contributed by atoms with Crippen molar-refractivity contribution >= 4 is 30.0 Å². The van der Waals surface area contributed by atoms with Gasteiger partial charge >= 0.3 is 7.12 Å². The van der Waals surface area contributed by atoms with Crippen molar-refractivity contribution in [2.45, 2.75) is 38.9 Å². The molecule has 0 aromatic carbocycles.